The van der Waals surface area contributed by atoms with Gasteiger partial charge < -0.3 is 10.1 Å². The number of ether oxygens (including phenoxy) is 1. The largest absolute Gasteiger partial charge is 0.375 e. The summed E-state index contributed by atoms with van der Waals surface area (Å²) in [5, 5.41) is 3.58. The van der Waals surface area contributed by atoms with E-state index in [1.54, 1.807) is 0 Å². The fraction of sp³-hybridized carbons (Fsp3) is 1.00. The van der Waals surface area contributed by atoms with Gasteiger partial charge in [0.25, 0.3) is 0 Å². The van der Waals surface area contributed by atoms with E-state index in [4.69, 9.17) is 4.74 Å². The number of rotatable bonds is 4. The van der Waals surface area contributed by atoms with Crippen molar-refractivity contribution < 1.29 is 4.74 Å². The predicted octanol–water partition coefficient (Wildman–Crippen LogP) is 2.94. The van der Waals surface area contributed by atoms with E-state index in [0.29, 0.717) is 0 Å². The van der Waals surface area contributed by atoms with Crippen LogP contribution >= 0.6 is 0 Å². The molecule has 3 fully saturated rings. The van der Waals surface area contributed by atoms with Gasteiger partial charge in [0.15, 0.2) is 0 Å². The molecule has 3 heteroatoms. The zero-order chi connectivity index (χ0) is 13.8. The van der Waals surface area contributed by atoms with E-state index in [0.717, 1.165) is 25.2 Å². The standard InChI is InChI=1S/C17H32N2O/c1-2-18-14-16-7-3-6-11-19(16)15-8-12-20-17(13-15)9-4-5-10-17/h15-16,18H,2-14H2,1H3. The van der Waals surface area contributed by atoms with E-state index in [2.05, 4.69) is 17.1 Å². The highest BCUT2D eigenvalue weighted by molar-refractivity contribution is 4.96. The van der Waals surface area contributed by atoms with Gasteiger partial charge in [-0.1, -0.05) is 26.2 Å². The zero-order valence-electron chi connectivity index (χ0n) is 13.2. The molecule has 0 amide bonds. The van der Waals surface area contributed by atoms with Gasteiger partial charge in [-0.25, -0.2) is 0 Å². The van der Waals surface area contributed by atoms with Gasteiger partial charge in [-0.2, -0.15) is 0 Å². The number of likely N-dealkylation sites (N-methyl/N-ethyl adjacent to an activating group) is 1. The van der Waals surface area contributed by atoms with Crippen LogP contribution in [0, 0.1) is 0 Å². The van der Waals surface area contributed by atoms with Gasteiger partial charge in [0, 0.05) is 25.2 Å². The lowest BCUT2D eigenvalue weighted by molar-refractivity contribution is -0.109. The molecule has 0 aromatic rings. The maximum atomic E-state index is 6.22. The maximum absolute atomic E-state index is 6.22. The molecule has 2 aliphatic heterocycles. The molecular weight excluding hydrogens is 248 g/mol. The molecule has 1 saturated carbocycles. The minimum absolute atomic E-state index is 0.267. The topological polar surface area (TPSA) is 24.5 Å². The van der Waals surface area contributed by atoms with Crippen molar-refractivity contribution in [2.24, 2.45) is 0 Å². The second-order valence-corrected chi connectivity index (χ2v) is 7.08. The Balaban J connectivity index is 1.63. The fourth-order valence-electron chi connectivity index (χ4n) is 4.69. The Morgan fingerprint density at radius 1 is 1.15 bits per heavy atom. The van der Waals surface area contributed by atoms with Crippen LogP contribution in [0.25, 0.3) is 0 Å². The van der Waals surface area contributed by atoms with E-state index in [9.17, 15) is 0 Å². The molecule has 1 spiro atoms. The van der Waals surface area contributed by atoms with Crippen molar-refractivity contribution in [3.8, 4) is 0 Å². The van der Waals surface area contributed by atoms with Crippen LogP contribution in [0.1, 0.15) is 64.7 Å². The highest BCUT2D eigenvalue weighted by atomic mass is 16.5. The summed E-state index contributed by atoms with van der Waals surface area (Å²) in [6.45, 7) is 6.81. The maximum Gasteiger partial charge on any atom is 0.0697 e. The predicted molar refractivity (Wildman–Crippen MR) is 83.1 cm³/mol. The van der Waals surface area contributed by atoms with Crippen molar-refractivity contribution in [2.75, 3.05) is 26.2 Å². The molecule has 0 aromatic carbocycles. The summed E-state index contributed by atoms with van der Waals surface area (Å²) in [5.41, 5.74) is 0.267. The van der Waals surface area contributed by atoms with Crippen molar-refractivity contribution >= 4 is 0 Å². The molecule has 3 aliphatic rings. The Kier molecular flexibility index (Phi) is 5.00. The molecule has 1 N–H and O–H groups in total. The molecular formula is C17H32N2O. The lowest BCUT2D eigenvalue weighted by atomic mass is 9.86. The van der Waals surface area contributed by atoms with Gasteiger partial charge in [0.2, 0.25) is 0 Å². The molecule has 0 radical (unpaired) electrons. The lowest BCUT2D eigenvalue weighted by Crippen LogP contribution is -2.55. The van der Waals surface area contributed by atoms with Crippen molar-refractivity contribution in [1.82, 2.24) is 10.2 Å². The number of hydrogen-bond acceptors (Lipinski definition) is 3. The second-order valence-electron chi connectivity index (χ2n) is 7.08. The SMILES string of the molecule is CCNCC1CCCCN1C1CCOC2(CCCC2)C1. The Bertz CT molecular complexity index is 301. The van der Waals surface area contributed by atoms with Crippen molar-refractivity contribution in [3.05, 3.63) is 0 Å². The summed E-state index contributed by atoms with van der Waals surface area (Å²) in [4.78, 5) is 2.84. The van der Waals surface area contributed by atoms with E-state index in [-0.39, 0.29) is 5.60 Å². The molecule has 2 heterocycles. The van der Waals surface area contributed by atoms with Crippen LogP contribution in [-0.2, 0) is 4.74 Å². The number of nitrogens with zero attached hydrogens (tertiary/aromatic N) is 1. The lowest BCUT2D eigenvalue weighted by Gasteiger charge is -2.47. The van der Waals surface area contributed by atoms with Crippen molar-refractivity contribution in [2.45, 2.75) is 82.4 Å². The summed E-state index contributed by atoms with van der Waals surface area (Å²) in [6.07, 6.45) is 12.1. The molecule has 0 aromatic heterocycles. The molecule has 20 heavy (non-hydrogen) atoms. The Labute approximate surface area is 124 Å². The van der Waals surface area contributed by atoms with Crippen LogP contribution < -0.4 is 5.32 Å². The van der Waals surface area contributed by atoms with Crippen LogP contribution in [-0.4, -0.2) is 48.8 Å². The third-order valence-electron chi connectivity index (χ3n) is 5.75. The first-order chi connectivity index (χ1) is 9.83. The quantitative estimate of drug-likeness (QED) is 0.857. The molecule has 0 bridgehead atoms. The first kappa shape index (κ1) is 14.8. The van der Waals surface area contributed by atoms with Gasteiger partial charge in [0.05, 0.1) is 5.60 Å². The van der Waals surface area contributed by atoms with E-state index < -0.39 is 0 Å². The molecule has 2 atom stereocenters. The Hall–Kier alpha value is -0.120. The molecule has 2 unspecified atom stereocenters. The summed E-state index contributed by atoms with van der Waals surface area (Å²) >= 11 is 0. The third-order valence-corrected chi connectivity index (χ3v) is 5.75. The summed E-state index contributed by atoms with van der Waals surface area (Å²) in [7, 11) is 0. The number of likely N-dealkylation sites (tertiary alicyclic amines) is 1. The molecule has 1 aliphatic carbocycles. The van der Waals surface area contributed by atoms with Crippen LogP contribution in [0.4, 0.5) is 0 Å². The normalized spacial score (nSPS) is 34.6. The molecule has 2 saturated heterocycles. The average molecular weight is 280 g/mol. The van der Waals surface area contributed by atoms with Crippen LogP contribution in [0.15, 0.2) is 0 Å². The number of piperidine rings is 1. The highest BCUT2D eigenvalue weighted by Crippen LogP contribution is 2.42. The summed E-state index contributed by atoms with van der Waals surface area (Å²) in [6, 6.07) is 1.55. The van der Waals surface area contributed by atoms with Gasteiger partial charge in [-0.3, -0.25) is 4.90 Å². The van der Waals surface area contributed by atoms with Gasteiger partial charge in [-0.15, -0.1) is 0 Å². The summed E-state index contributed by atoms with van der Waals surface area (Å²) in [5.74, 6) is 0. The molecule has 3 nitrogen and oxygen atoms in total. The van der Waals surface area contributed by atoms with Crippen molar-refractivity contribution in [3.63, 3.8) is 0 Å². The minimum Gasteiger partial charge on any atom is -0.375 e. The number of hydrogen-bond donors (Lipinski definition) is 1. The smallest absolute Gasteiger partial charge is 0.0697 e. The zero-order valence-corrected chi connectivity index (χ0v) is 13.2. The first-order valence-electron chi connectivity index (χ1n) is 8.93. The number of nitrogens with one attached hydrogen (secondary N) is 1. The first-order valence-corrected chi connectivity index (χ1v) is 8.93. The van der Waals surface area contributed by atoms with Crippen LogP contribution in [0.5, 0.6) is 0 Å². The monoisotopic (exact) mass is 280 g/mol. The molecule has 3 rings (SSSR count). The van der Waals surface area contributed by atoms with E-state index in [1.807, 2.05) is 0 Å². The highest BCUT2D eigenvalue weighted by Gasteiger charge is 2.42. The van der Waals surface area contributed by atoms with Gasteiger partial charge in [-0.05, 0) is 51.6 Å². The third kappa shape index (κ3) is 3.20. The van der Waals surface area contributed by atoms with Crippen LogP contribution in [0.2, 0.25) is 0 Å². The van der Waals surface area contributed by atoms with Crippen molar-refractivity contribution in [1.29, 1.82) is 0 Å². The molecule has 116 valence electrons. The van der Waals surface area contributed by atoms with Crippen LogP contribution in [0.3, 0.4) is 0 Å². The Morgan fingerprint density at radius 3 is 2.80 bits per heavy atom. The minimum atomic E-state index is 0.267. The van der Waals surface area contributed by atoms with Gasteiger partial charge in [0.1, 0.15) is 0 Å². The summed E-state index contributed by atoms with van der Waals surface area (Å²) < 4.78 is 6.22. The second kappa shape index (κ2) is 6.76. The average Bonchev–Trinajstić information content (AvgIpc) is 2.93. The Morgan fingerprint density at radius 2 is 2.00 bits per heavy atom. The van der Waals surface area contributed by atoms with E-state index >= 15 is 0 Å². The fourth-order valence-corrected chi connectivity index (χ4v) is 4.69. The van der Waals surface area contributed by atoms with E-state index in [1.165, 1.54) is 70.9 Å². The van der Waals surface area contributed by atoms with Gasteiger partial charge >= 0.3 is 0 Å².